The van der Waals surface area contributed by atoms with Crippen LogP contribution in [-0.2, 0) is 29.2 Å². The summed E-state index contributed by atoms with van der Waals surface area (Å²) in [5.74, 6) is -0.472. The summed E-state index contributed by atoms with van der Waals surface area (Å²) in [4.78, 5) is 27.8. The van der Waals surface area contributed by atoms with Gasteiger partial charge in [-0.25, -0.2) is 4.98 Å². The van der Waals surface area contributed by atoms with E-state index in [-0.39, 0.29) is 17.9 Å². The van der Waals surface area contributed by atoms with Gasteiger partial charge in [0.2, 0.25) is 11.8 Å². The lowest BCUT2D eigenvalue weighted by Crippen LogP contribution is -2.22. The second-order valence-electron chi connectivity index (χ2n) is 6.61. The van der Waals surface area contributed by atoms with Crippen LogP contribution in [0.25, 0.3) is 11.3 Å². The van der Waals surface area contributed by atoms with Crippen molar-refractivity contribution >= 4 is 40.7 Å². The third-order valence-electron chi connectivity index (χ3n) is 4.18. The van der Waals surface area contributed by atoms with Crippen LogP contribution in [0.5, 0.6) is 0 Å². The summed E-state index contributed by atoms with van der Waals surface area (Å²) in [7, 11) is 1.58. The number of amides is 2. The molecule has 164 valence electrons. The normalized spacial score (nSPS) is 12.5. The molecule has 0 bridgehead atoms. The van der Waals surface area contributed by atoms with Crippen molar-refractivity contribution in [3.63, 3.8) is 0 Å². The number of alkyl halides is 3. The largest absolute Gasteiger partial charge is 0.416 e. The fourth-order valence-electron chi connectivity index (χ4n) is 2.56. The SMILES string of the molecule is CC(Sc1nc(CC(=O)Nc2cc(-c3cccc(C(F)(F)F)c3)nn2C)cs1)C(N)=O. The zero-order chi connectivity index (χ0) is 22.8. The Morgan fingerprint density at radius 3 is 2.74 bits per heavy atom. The Hall–Kier alpha value is -2.86. The van der Waals surface area contributed by atoms with E-state index >= 15 is 0 Å². The molecule has 0 saturated heterocycles. The summed E-state index contributed by atoms with van der Waals surface area (Å²) in [6.07, 6.45) is -4.46. The van der Waals surface area contributed by atoms with Gasteiger partial charge in [-0.05, 0) is 19.1 Å². The van der Waals surface area contributed by atoms with Crippen LogP contribution in [0.15, 0.2) is 40.1 Å². The van der Waals surface area contributed by atoms with Crippen LogP contribution in [0.1, 0.15) is 18.2 Å². The van der Waals surface area contributed by atoms with Gasteiger partial charge in [0.25, 0.3) is 0 Å². The maximum Gasteiger partial charge on any atom is 0.416 e. The minimum absolute atomic E-state index is 0.00785. The van der Waals surface area contributed by atoms with E-state index in [1.807, 2.05) is 0 Å². The van der Waals surface area contributed by atoms with Crippen molar-refractivity contribution in [3.05, 3.63) is 47.0 Å². The maximum atomic E-state index is 12.9. The van der Waals surface area contributed by atoms with Crippen LogP contribution in [0.4, 0.5) is 19.0 Å². The van der Waals surface area contributed by atoms with Crippen LogP contribution in [-0.4, -0.2) is 31.8 Å². The van der Waals surface area contributed by atoms with Crippen molar-refractivity contribution in [2.24, 2.45) is 12.8 Å². The Balaban J connectivity index is 1.68. The van der Waals surface area contributed by atoms with Crippen LogP contribution in [0.2, 0.25) is 0 Å². The smallest absolute Gasteiger partial charge is 0.369 e. The maximum absolute atomic E-state index is 12.9. The number of hydrogen-bond donors (Lipinski definition) is 2. The minimum atomic E-state index is -4.46. The molecule has 3 rings (SSSR count). The summed E-state index contributed by atoms with van der Waals surface area (Å²) in [6, 6.07) is 6.33. The monoisotopic (exact) mass is 469 g/mol. The number of anilines is 1. The van der Waals surface area contributed by atoms with E-state index < -0.39 is 22.9 Å². The molecule has 0 aliphatic heterocycles. The van der Waals surface area contributed by atoms with Crippen LogP contribution in [0.3, 0.4) is 0 Å². The third-order valence-corrected chi connectivity index (χ3v) is 6.32. The van der Waals surface area contributed by atoms with Gasteiger partial charge in [0.05, 0.1) is 28.6 Å². The lowest BCUT2D eigenvalue weighted by molar-refractivity contribution is -0.137. The number of aryl methyl sites for hydroxylation is 1. The number of nitrogens with two attached hydrogens (primary N) is 1. The predicted molar refractivity (Wildman–Crippen MR) is 113 cm³/mol. The highest BCUT2D eigenvalue weighted by atomic mass is 32.2. The average Bonchev–Trinajstić information content (AvgIpc) is 3.27. The van der Waals surface area contributed by atoms with Gasteiger partial charge in [-0.15, -0.1) is 11.3 Å². The van der Waals surface area contributed by atoms with Gasteiger partial charge in [-0.2, -0.15) is 18.3 Å². The molecule has 0 spiro atoms. The number of primary amides is 1. The summed E-state index contributed by atoms with van der Waals surface area (Å²) in [5, 5.41) is 8.16. The number of carbonyl (C=O) groups is 2. The summed E-state index contributed by atoms with van der Waals surface area (Å²) < 4.78 is 40.8. The molecular formula is C19H18F3N5O2S2. The second-order valence-corrected chi connectivity index (χ2v) is 9.06. The molecule has 0 saturated carbocycles. The van der Waals surface area contributed by atoms with Crippen molar-refractivity contribution in [3.8, 4) is 11.3 Å². The number of rotatable bonds is 7. The molecule has 1 unspecified atom stereocenters. The lowest BCUT2D eigenvalue weighted by Gasteiger charge is -2.07. The van der Waals surface area contributed by atoms with Crippen molar-refractivity contribution in [1.82, 2.24) is 14.8 Å². The summed E-state index contributed by atoms with van der Waals surface area (Å²) >= 11 is 2.52. The molecule has 0 aliphatic carbocycles. The molecule has 12 heteroatoms. The highest BCUT2D eigenvalue weighted by Gasteiger charge is 2.30. The second kappa shape index (κ2) is 9.10. The van der Waals surface area contributed by atoms with Gasteiger partial charge in [0, 0.05) is 24.1 Å². The number of halogens is 3. The topological polar surface area (TPSA) is 103 Å². The van der Waals surface area contributed by atoms with Crippen molar-refractivity contribution < 1.29 is 22.8 Å². The van der Waals surface area contributed by atoms with Crippen LogP contribution < -0.4 is 11.1 Å². The van der Waals surface area contributed by atoms with E-state index in [0.717, 1.165) is 12.1 Å². The van der Waals surface area contributed by atoms with E-state index in [2.05, 4.69) is 15.4 Å². The fraction of sp³-hybridized carbons (Fsp3) is 0.263. The highest BCUT2D eigenvalue weighted by Crippen LogP contribution is 2.32. The van der Waals surface area contributed by atoms with Crippen molar-refractivity contribution in [2.45, 2.75) is 29.1 Å². The van der Waals surface area contributed by atoms with Crippen molar-refractivity contribution in [1.29, 1.82) is 0 Å². The Labute approximate surface area is 183 Å². The van der Waals surface area contributed by atoms with E-state index in [1.165, 1.54) is 46.0 Å². The lowest BCUT2D eigenvalue weighted by atomic mass is 10.1. The van der Waals surface area contributed by atoms with E-state index in [4.69, 9.17) is 5.73 Å². The first-order valence-electron chi connectivity index (χ1n) is 8.95. The Bertz CT molecular complexity index is 1110. The molecule has 2 heterocycles. The molecule has 0 radical (unpaired) electrons. The number of thioether (sulfide) groups is 1. The standard InChI is InChI=1S/C19H18F3N5O2S2/c1-10(17(23)29)31-18-24-13(9-30-18)7-16(28)25-15-8-14(26-27(15)2)11-4-3-5-12(6-11)19(20,21)22/h3-6,8-10H,7H2,1-2H3,(H2,23,29)(H,25,28). The van der Waals surface area contributed by atoms with Gasteiger partial charge in [0.1, 0.15) is 5.82 Å². The molecular weight excluding hydrogens is 451 g/mol. The zero-order valence-corrected chi connectivity index (χ0v) is 18.1. The van der Waals surface area contributed by atoms with Gasteiger partial charge in [0.15, 0.2) is 4.34 Å². The van der Waals surface area contributed by atoms with E-state index in [9.17, 15) is 22.8 Å². The summed E-state index contributed by atoms with van der Waals surface area (Å²) in [6.45, 7) is 1.67. The number of hydrogen-bond acceptors (Lipinski definition) is 6. The molecule has 3 aromatic rings. The van der Waals surface area contributed by atoms with Gasteiger partial charge in [-0.3, -0.25) is 14.3 Å². The van der Waals surface area contributed by atoms with E-state index in [0.29, 0.717) is 21.5 Å². The fourth-order valence-corrected chi connectivity index (χ4v) is 4.50. The molecule has 0 aliphatic rings. The Kier molecular flexibility index (Phi) is 6.70. The third kappa shape index (κ3) is 5.85. The molecule has 0 fully saturated rings. The number of nitrogens with one attached hydrogen (secondary N) is 1. The molecule has 31 heavy (non-hydrogen) atoms. The van der Waals surface area contributed by atoms with Gasteiger partial charge < -0.3 is 11.1 Å². The summed E-state index contributed by atoms with van der Waals surface area (Å²) in [5.41, 5.74) is 5.58. The van der Waals surface area contributed by atoms with Crippen LogP contribution in [0, 0.1) is 0 Å². The molecule has 1 aromatic carbocycles. The van der Waals surface area contributed by atoms with Crippen LogP contribution >= 0.6 is 23.1 Å². The first-order valence-corrected chi connectivity index (χ1v) is 10.7. The Morgan fingerprint density at radius 2 is 2.06 bits per heavy atom. The zero-order valence-electron chi connectivity index (χ0n) is 16.4. The van der Waals surface area contributed by atoms with Gasteiger partial charge >= 0.3 is 6.18 Å². The Morgan fingerprint density at radius 1 is 1.32 bits per heavy atom. The first-order chi connectivity index (χ1) is 14.5. The number of thiazole rings is 1. The first kappa shape index (κ1) is 22.8. The minimum Gasteiger partial charge on any atom is -0.369 e. The number of carbonyl (C=O) groups excluding carboxylic acids is 2. The quantitative estimate of drug-likeness (QED) is 0.514. The average molecular weight is 470 g/mol. The predicted octanol–water partition coefficient (Wildman–Crippen LogP) is 3.71. The number of aromatic nitrogens is 3. The molecule has 7 nitrogen and oxygen atoms in total. The molecule has 2 amide bonds. The van der Waals surface area contributed by atoms with Crippen molar-refractivity contribution in [2.75, 3.05) is 5.32 Å². The number of benzene rings is 1. The highest BCUT2D eigenvalue weighted by molar-refractivity contribution is 8.02. The van der Waals surface area contributed by atoms with E-state index in [1.54, 1.807) is 19.4 Å². The molecule has 1 atom stereocenters. The molecule has 3 N–H and O–H groups in total. The number of nitrogens with zero attached hydrogens (tertiary/aromatic N) is 3. The molecule has 2 aromatic heterocycles. The van der Waals surface area contributed by atoms with Gasteiger partial charge in [-0.1, -0.05) is 23.9 Å².